The summed E-state index contributed by atoms with van der Waals surface area (Å²) in [5.74, 6) is -1.00. The number of likely N-dealkylation sites (tertiary alicyclic amines) is 1. The van der Waals surface area contributed by atoms with Gasteiger partial charge in [0.05, 0.1) is 33.9 Å². The van der Waals surface area contributed by atoms with Gasteiger partial charge in [-0.25, -0.2) is 14.2 Å². The number of rotatable bonds is 5. The van der Waals surface area contributed by atoms with Crippen LogP contribution in [0.25, 0.3) is 22.2 Å². The van der Waals surface area contributed by atoms with Crippen molar-refractivity contribution in [1.82, 2.24) is 24.8 Å². The van der Waals surface area contributed by atoms with E-state index < -0.39 is 40.5 Å². The van der Waals surface area contributed by atoms with Crippen molar-refractivity contribution in [2.24, 2.45) is 0 Å². The third kappa shape index (κ3) is 6.46. The van der Waals surface area contributed by atoms with Crippen LogP contribution in [0, 0.1) is 12.7 Å². The van der Waals surface area contributed by atoms with E-state index in [4.69, 9.17) is 31.8 Å². The lowest BCUT2D eigenvalue weighted by atomic mass is 9.99. The Labute approximate surface area is 275 Å². The Balaban J connectivity index is 1.46. The van der Waals surface area contributed by atoms with Crippen molar-refractivity contribution < 1.29 is 31.8 Å². The van der Waals surface area contributed by atoms with Gasteiger partial charge in [0.1, 0.15) is 29.4 Å². The minimum atomic E-state index is -4.86. The minimum absolute atomic E-state index is 0.102. The number of nitrogen functional groups attached to an aromatic ring is 1. The van der Waals surface area contributed by atoms with Crippen LogP contribution in [0.4, 0.5) is 34.0 Å². The lowest BCUT2D eigenvalue weighted by Crippen LogP contribution is -2.57. The van der Waals surface area contributed by atoms with Crippen molar-refractivity contribution in [2.45, 2.75) is 83.3 Å². The number of hydrogen-bond donors (Lipinski definition) is 1. The first-order chi connectivity index (χ1) is 22.0. The summed E-state index contributed by atoms with van der Waals surface area (Å²) in [6.07, 6.45) is -1.88. The standard InChI is InChI=1S/C32H38ClF4N7O3/c1-16-11-22(38)39-27(24(16)32(35,36)37)23-21(33)12-20-26(25(23)34)40-29(46-15-19-7-6-10-42(19)5)41-28(20)43-13-17-8-9-18(14-43)44(17)30(45)47-31(2,3)4/h11-12,17-19H,6-10,13-15H2,1-5H3,(H2,38,39)/t17-,18-,19-/m0/s1. The molecule has 0 aliphatic carbocycles. The predicted octanol–water partition coefficient (Wildman–Crippen LogP) is 6.45. The molecule has 2 bridgehead atoms. The van der Waals surface area contributed by atoms with Crippen molar-refractivity contribution in [3.63, 3.8) is 0 Å². The number of carbonyl (C=O) groups excluding carboxylic acids is 1. The molecule has 3 saturated heterocycles. The summed E-state index contributed by atoms with van der Waals surface area (Å²) in [4.78, 5) is 31.9. The van der Waals surface area contributed by atoms with E-state index in [-0.39, 0.29) is 58.0 Å². The maximum absolute atomic E-state index is 16.7. The Morgan fingerprint density at radius 2 is 1.77 bits per heavy atom. The zero-order chi connectivity index (χ0) is 34.0. The molecule has 1 amide bonds. The SMILES string of the molecule is Cc1cc(N)nc(-c2c(Cl)cc3c(N4C[C@@H]5CC[C@@H](C4)N5C(=O)OC(C)(C)C)nc(OC[C@@H]4CCCN4C)nc3c2F)c1C(F)(F)F. The van der Waals surface area contributed by atoms with Crippen LogP contribution in [0.5, 0.6) is 6.01 Å². The van der Waals surface area contributed by atoms with E-state index in [0.29, 0.717) is 18.9 Å². The Kier molecular flexibility index (Phi) is 8.56. The fraction of sp³-hybridized carbons (Fsp3) is 0.562. The van der Waals surface area contributed by atoms with Crippen molar-refractivity contribution in [1.29, 1.82) is 0 Å². The monoisotopic (exact) mass is 679 g/mol. The summed E-state index contributed by atoms with van der Waals surface area (Å²) in [6.45, 7) is 8.55. The Bertz CT molecular complexity index is 1700. The van der Waals surface area contributed by atoms with Gasteiger partial charge in [-0.1, -0.05) is 11.6 Å². The zero-order valence-corrected chi connectivity index (χ0v) is 27.7. The van der Waals surface area contributed by atoms with Crippen LogP contribution in [0.15, 0.2) is 12.1 Å². The summed E-state index contributed by atoms with van der Waals surface area (Å²) in [6, 6.07) is 2.04. The number of amides is 1. The number of anilines is 2. The van der Waals surface area contributed by atoms with Crippen molar-refractivity contribution in [3.05, 3.63) is 34.1 Å². The van der Waals surface area contributed by atoms with Gasteiger partial charge < -0.3 is 25.0 Å². The maximum atomic E-state index is 16.7. The molecule has 6 rings (SSSR count). The second-order valence-electron chi connectivity index (χ2n) is 13.6. The van der Waals surface area contributed by atoms with E-state index >= 15 is 4.39 Å². The van der Waals surface area contributed by atoms with E-state index in [1.807, 2.05) is 32.7 Å². The number of ether oxygens (including phenoxy) is 2. The van der Waals surface area contributed by atoms with Crippen LogP contribution in [-0.4, -0.2) is 87.9 Å². The number of carbonyl (C=O) groups is 1. The average Bonchev–Trinajstić information content (AvgIpc) is 3.48. The summed E-state index contributed by atoms with van der Waals surface area (Å²) in [5, 5.41) is -0.111. The van der Waals surface area contributed by atoms with E-state index in [0.717, 1.165) is 38.3 Å². The molecule has 0 radical (unpaired) electrons. The molecule has 1 aromatic carbocycles. The summed E-state index contributed by atoms with van der Waals surface area (Å²) < 4.78 is 71.2. The highest BCUT2D eigenvalue weighted by Crippen LogP contribution is 2.45. The van der Waals surface area contributed by atoms with Gasteiger partial charge in [0, 0.05) is 24.5 Å². The molecule has 5 heterocycles. The number of likely N-dealkylation sites (N-methyl/N-ethyl adjacent to an activating group) is 1. The fourth-order valence-electron chi connectivity index (χ4n) is 6.97. The molecule has 0 spiro atoms. The third-order valence-corrected chi connectivity index (χ3v) is 9.36. The largest absolute Gasteiger partial charge is 0.462 e. The second kappa shape index (κ2) is 12.1. The summed E-state index contributed by atoms with van der Waals surface area (Å²) in [7, 11) is 1.99. The number of hydrogen-bond acceptors (Lipinski definition) is 9. The van der Waals surface area contributed by atoms with Crippen molar-refractivity contribution in [2.75, 3.05) is 43.9 Å². The highest BCUT2D eigenvalue weighted by molar-refractivity contribution is 6.34. The van der Waals surface area contributed by atoms with Crippen LogP contribution in [0.3, 0.4) is 0 Å². The van der Waals surface area contributed by atoms with Gasteiger partial charge in [-0.05, 0) is 84.7 Å². The number of pyridine rings is 1. The Morgan fingerprint density at radius 1 is 1.09 bits per heavy atom. The first-order valence-corrected chi connectivity index (χ1v) is 16.0. The molecule has 3 aliphatic rings. The molecule has 3 atom stereocenters. The van der Waals surface area contributed by atoms with Gasteiger partial charge >= 0.3 is 18.3 Å². The van der Waals surface area contributed by atoms with Crippen LogP contribution >= 0.6 is 11.6 Å². The van der Waals surface area contributed by atoms with Crippen molar-refractivity contribution >= 4 is 40.2 Å². The minimum Gasteiger partial charge on any atom is -0.462 e. The molecule has 0 unspecified atom stereocenters. The van der Waals surface area contributed by atoms with Crippen molar-refractivity contribution in [3.8, 4) is 17.3 Å². The second-order valence-corrected chi connectivity index (χ2v) is 14.0. The predicted molar refractivity (Wildman–Crippen MR) is 170 cm³/mol. The highest BCUT2D eigenvalue weighted by atomic mass is 35.5. The fourth-order valence-corrected chi connectivity index (χ4v) is 7.25. The Morgan fingerprint density at radius 3 is 2.36 bits per heavy atom. The smallest absolute Gasteiger partial charge is 0.418 e. The molecule has 47 heavy (non-hydrogen) atoms. The molecule has 15 heteroatoms. The number of piperazine rings is 1. The quantitative estimate of drug-likeness (QED) is 0.304. The molecule has 3 fully saturated rings. The van der Waals surface area contributed by atoms with Gasteiger partial charge in [-0.15, -0.1) is 0 Å². The number of fused-ring (bicyclic) bond motifs is 3. The van der Waals surface area contributed by atoms with Gasteiger partial charge in [0.2, 0.25) is 0 Å². The van der Waals surface area contributed by atoms with Gasteiger partial charge in [0.15, 0.2) is 5.82 Å². The Hall–Kier alpha value is -3.65. The molecule has 2 aromatic heterocycles. The topological polar surface area (TPSA) is 110 Å². The summed E-state index contributed by atoms with van der Waals surface area (Å²) in [5.41, 5.74) is 2.26. The van der Waals surface area contributed by atoms with E-state index in [9.17, 15) is 18.0 Å². The number of benzene rings is 1. The molecular formula is C32H38ClF4N7O3. The maximum Gasteiger partial charge on any atom is 0.418 e. The van der Waals surface area contributed by atoms with Crippen LogP contribution < -0.4 is 15.4 Å². The van der Waals surface area contributed by atoms with Gasteiger partial charge in [0.25, 0.3) is 0 Å². The summed E-state index contributed by atoms with van der Waals surface area (Å²) >= 11 is 6.61. The molecule has 2 N–H and O–H groups in total. The third-order valence-electron chi connectivity index (χ3n) is 9.06. The average molecular weight is 680 g/mol. The molecule has 0 saturated carbocycles. The zero-order valence-electron chi connectivity index (χ0n) is 26.9. The molecule has 10 nitrogen and oxygen atoms in total. The first kappa shape index (κ1) is 33.3. The number of halogens is 5. The lowest BCUT2D eigenvalue weighted by Gasteiger charge is -2.42. The van der Waals surface area contributed by atoms with Crippen LogP contribution in [-0.2, 0) is 10.9 Å². The first-order valence-electron chi connectivity index (χ1n) is 15.7. The molecule has 3 aliphatic heterocycles. The molecule has 254 valence electrons. The number of nitrogens with two attached hydrogens (primary N) is 1. The van der Waals surface area contributed by atoms with Crippen LogP contribution in [0.2, 0.25) is 5.02 Å². The van der Waals surface area contributed by atoms with Gasteiger partial charge in [-0.2, -0.15) is 23.1 Å². The van der Waals surface area contributed by atoms with Crippen LogP contribution in [0.1, 0.15) is 57.6 Å². The normalized spacial score (nSPS) is 22.0. The van der Waals surface area contributed by atoms with E-state index in [1.54, 1.807) is 4.90 Å². The number of aromatic nitrogens is 3. The number of aryl methyl sites for hydroxylation is 1. The van der Waals surface area contributed by atoms with E-state index in [1.165, 1.54) is 13.0 Å². The molecular weight excluding hydrogens is 642 g/mol. The molecule has 3 aromatic rings. The van der Waals surface area contributed by atoms with E-state index in [2.05, 4.69) is 14.9 Å². The number of alkyl halides is 3. The van der Waals surface area contributed by atoms with Gasteiger partial charge in [-0.3, -0.25) is 4.90 Å². The lowest BCUT2D eigenvalue weighted by molar-refractivity contribution is -0.137. The number of nitrogens with zero attached hydrogens (tertiary/aromatic N) is 6. The highest BCUT2D eigenvalue weighted by Gasteiger charge is 2.45.